The third-order valence-corrected chi connectivity index (χ3v) is 3.82. The molecule has 0 saturated carbocycles. The van der Waals surface area contributed by atoms with E-state index >= 15 is 0 Å². The van der Waals surface area contributed by atoms with Crippen molar-refractivity contribution in [2.75, 3.05) is 6.61 Å². The number of thiocarbonyl (C=S) groups is 1. The van der Waals surface area contributed by atoms with Crippen molar-refractivity contribution in [2.24, 2.45) is 0 Å². The Kier molecular flexibility index (Phi) is 6.63. The number of hydrogen-bond donors (Lipinski definition) is 0. The molecule has 5 heteroatoms. The van der Waals surface area contributed by atoms with Crippen molar-refractivity contribution in [1.82, 2.24) is 4.90 Å². The van der Waals surface area contributed by atoms with Gasteiger partial charge < -0.3 is 9.64 Å². The largest absolute Gasteiger partial charge is 0.460 e. The van der Waals surface area contributed by atoms with E-state index in [1.165, 1.54) is 0 Å². The lowest BCUT2D eigenvalue weighted by Gasteiger charge is -2.24. The Balaban J connectivity index is 2.19. The molecule has 0 bridgehead atoms. The van der Waals surface area contributed by atoms with E-state index in [4.69, 9.17) is 17.0 Å². The van der Waals surface area contributed by atoms with Crippen LogP contribution in [-0.2, 0) is 27.4 Å². The van der Waals surface area contributed by atoms with Crippen LogP contribution < -0.4 is 0 Å². The third-order valence-electron chi connectivity index (χ3n) is 3.37. The number of ketones is 1. The van der Waals surface area contributed by atoms with Crippen molar-refractivity contribution in [3.8, 4) is 0 Å². The second kappa shape index (κ2) is 8.93. The summed E-state index contributed by atoms with van der Waals surface area (Å²) in [5.41, 5.74) is 2.01. The first-order valence-corrected chi connectivity index (χ1v) is 8.11. The Morgan fingerprint density at radius 1 is 0.917 bits per heavy atom. The smallest absolute Gasteiger partial charge is 0.382 e. The summed E-state index contributed by atoms with van der Waals surface area (Å²) in [6, 6.07) is 19.4. The maximum absolute atomic E-state index is 12.2. The highest BCUT2D eigenvalue weighted by molar-refractivity contribution is 7.82. The first kappa shape index (κ1) is 17.8. The van der Waals surface area contributed by atoms with Gasteiger partial charge in [-0.25, -0.2) is 4.79 Å². The molecule has 2 rings (SSSR count). The van der Waals surface area contributed by atoms with E-state index in [2.05, 4.69) is 0 Å². The van der Waals surface area contributed by atoms with Gasteiger partial charge in [0, 0.05) is 13.1 Å². The molecule has 0 atom stereocenters. The van der Waals surface area contributed by atoms with Crippen LogP contribution in [0, 0.1) is 0 Å². The van der Waals surface area contributed by atoms with Crippen molar-refractivity contribution >= 4 is 29.0 Å². The lowest BCUT2D eigenvalue weighted by Crippen LogP contribution is -2.38. The summed E-state index contributed by atoms with van der Waals surface area (Å²) in [6.45, 7) is 2.68. The monoisotopic (exact) mass is 341 g/mol. The van der Waals surface area contributed by atoms with E-state index in [0.717, 1.165) is 11.1 Å². The molecule has 0 amide bonds. The lowest BCUT2D eigenvalue weighted by atomic mass is 10.1. The second-order valence-corrected chi connectivity index (χ2v) is 5.57. The van der Waals surface area contributed by atoms with Crippen LogP contribution in [0.5, 0.6) is 0 Å². The molecule has 0 radical (unpaired) electrons. The van der Waals surface area contributed by atoms with Gasteiger partial charge in [-0.2, -0.15) is 0 Å². The highest BCUT2D eigenvalue weighted by Gasteiger charge is 2.25. The first-order chi connectivity index (χ1) is 11.6. The average molecular weight is 341 g/mol. The van der Waals surface area contributed by atoms with Gasteiger partial charge in [-0.05, 0) is 18.1 Å². The van der Waals surface area contributed by atoms with Crippen LogP contribution in [0.25, 0.3) is 0 Å². The molecule has 0 spiro atoms. The van der Waals surface area contributed by atoms with Gasteiger partial charge in [0.25, 0.3) is 5.78 Å². The number of carbonyl (C=O) groups is 2. The third kappa shape index (κ3) is 4.99. The van der Waals surface area contributed by atoms with Gasteiger partial charge in [0.05, 0.1) is 6.61 Å². The number of esters is 1. The molecule has 0 aromatic heterocycles. The Morgan fingerprint density at radius 3 is 1.79 bits per heavy atom. The molecule has 0 N–H and O–H groups in total. The summed E-state index contributed by atoms with van der Waals surface area (Å²) in [4.78, 5) is 25.6. The van der Waals surface area contributed by atoms with Gasteiger partial charge in [0.15, 0.2) is 4.99 Å². The molecule has 4 nitrogen and oxygen atoms in total. The van der Waals surface area contributed by atoms with Crippen molar-refractivity contribution in [2.45, 2.75) is 20.0 Å². The Bertz CT molecular complexity index is 660. The summed E-state index contributed by atoms with van der Waals surface area (Å²) >= 11 is 5.26. The molecular formula is C19H19NO3S. The van der Waals surface area contributed by atoms with Crippen LogP contribution in [-0.4, -0.2) is 28.2 Å². The molecule has 0 aliphatic carbocycles. The van der Waals surface area contributed by atoms with Crippen molar-refractivity contribution in [1.29, 1.82) is 0 Å². The number of benzene rings is 2. The summed E-state index contributed by atoms with van der Waals surface area (Å²) in [7, 11) is 0. The summed E-state index contributed by atoms with van der Waals surface area (Å²) < 4.78 is 4.77. The summed E-state index contributed by atoms with van der Waals surface area (Å²) in [5.74, 6) is -1.69. The Labute approximate surface area is 147 Å². The van der Waals surface area contributed by atoms with E-state index < -0.39 is 11.8 Å². The van der Waals surface area contributed by atoms with Crippen LogP contribution in [0.3, 0.4) is 0 Å². The number of Topliss-reactive ketones (excluding diaryl/α,β-unsaturated/α-hetero) is 1. The zero-order valence-electron chi connectivity index (χ0n) is 13.5. The van der Waals surface area contributed by atoms with Crippen LogP contribution in [0.1, 0.15) is 18.1 Å². The van der Waals surface area contributed by atoms with E-state index in [1.807, 2.05) is 60.7 Å². The van der Waals surface area contributed by atoms with E-state index in [9.17, 15) is 9.59 Å². The first-order valence-electron chi connectivity index (χ1n) is 7.70. The van der Waals surface area contributed by atoms with Crippen LogP contribution in [0.2, 0.25) is 0 Å². The average Bonchev–Trinajstić information content (AvgIpc) is 2.62. The molecule has 24 heavy (non-hydrogen) atoms. The highest BCUT2D eigenvalue weighted by atomic mass is 32.1. The minimum atomic E-state index is -0.909. The number of carbonyl (C=O) groups excluding carboxylic acids is 2. The van der Waals surface area contributed by atoms with Gasteiger partial charge in [0.1, 0.15) is 0 Å². The van der Waals surface area contributed by atoms with Gasteiger partial charge >= 0.3 is 5.97 Å². The molecule has 0 fully saturated rings. The van der Waals surface area contributed by atoms with Crippen molar-refractivity contribution in [3.63, 3.8) is 0 Å². The molecule has 0 unspecified atom stereocenters. The minimum absolute atomic E-state index is 0.0267. The second-order valence-electron chi connectivity index (χ2n) is 5.18. The summed E-state index contributed by atoms with van der Waals surface area (Å²) in [5, 5.41) is 0. The van der Waals surface area contributed by atoms with E-state index in [0.29, 0.717) is 13.1 Å². The van der Waals surface area contributed by atoms with E-state index in [-0.39, 0.29) is 11.6 Å². The van der Waals surface area contributed by atoms with Crippen LogP contribution in [0.4, 0.5) is 0 Å². The quantitative estimate of drug-likeness (QED) is 0.440. The normalized spacial score (nSPS) is 10.0. The molecule has 2 aromatic rings. The molecule has 0 heterocycles. The molecule has 0 aliphatic heterocycles. The van der Waals surface area contributed by atoms with Gasteiger partial charge in [-0.3, -0.25) is 4.79 Å². The van der Waals surface area contributed by atoms with Crippen molar-refractivity contribution in [3.05, 3.63) is 71.8 Å². The maximum atomic E-state index is 12.2. The number of ether oxygens (including phenoxy) is 1. The number of hydrogen-bond acceptors (Lipinski definition) is 4. The van der Waals surface area contributed by atoms with Gasteiger partial charge in [0.2, 0.25) is 0 Å². The van der Waals surface area contributed by atoms with Crippen LogP contribution in [0.15, 0.2) is 60.7 Å². The molecule has 124 valence electrons. The SMILES string of the molecule is CCOC(=O)C(=O)C(=S)N(Cc1ccccc1)Cc1ccccc1. The Hall–Kier alpha value is -2.53. The van der Waals surface area contributed by atoms with Crippen LogP contribution >= 0.6 is 12.2 Å². The number of rotatable bonds is 7. The summed E-state index contributed by atoms with van der Waals surface area (Å²) in [6.07, 6.45) is 0. The molecule has 0 aliphatic rings. The zero-order valence-corrected chi connectivity index (χ0v) is 14.3. The topological polar surface area (TPSA) is 46.6 Å². The number of nitrogens with zero attached hydrogens (tertiary/aromatic N) is 1. The lowest BCUT2D eigenvalue weighted by molar-refractivity contribution is -0.150. The maximum Gasteiger partial charge on any atom is 0.382 e. The fraction of sp³-hybridized carbons (Fsp3) is 0.211. The molecule has 2 aromatic carbocycles. The molecule has 0 saturated heterocycles. The fourth-order valence-corrected chi connectivity index (χ4v) is 2.45. The van der Waals surface area contributed by atoms with Crippen molar-refractivity contribution < 1.29 is 14.3 Å². The standard InChI is InChI=1S/C19H19NO3S/c1-2-23-19(22)17(21)18(24)20(13-15-9-5-3-6-10-15)14-16-11-7-4-8-12-16/h3-12H,2,13-14H2,1H3. The Morgan fingerprint density at radius 2 is 1.38 bits per heavy atom. The van der Waals surface area contributed by atoms with E-state index in [1.54, 1.807) is 11.8 Å². The zero-order chi connectivity index (χ0) is 17.4. The van der Waals surface area contributed by atoms with Gasteiger partial charge in [-0.1, -0.05) is 72.9 Å². The molecular weight excluding hydrogens is 322 g/mol. The fourth-order valence-electron chi connectivity index (χ4n) is 2.23. The van der Waals surface area contributed by atoms with Gasteiger partial charge in [-0.15, -0.1) is 0 Å². The highest BCUT2D eigenvalue weighted by Crippen LogP contribution is 2.12. The predicted molar refractivity (Wildman–Crippen MR) is 96.4 cm³/mol. The predicted octanol–water partition coefficient (Wildman–Crippen LogP) is 3.15. The minimum Gasteiger partial charge on any atom is -0.460 e.